The summed E-state index contributed by atoms with van der Waals surface area (Å²) in [5, 5.41) is 0. The van der Waals surface area contributed by atoms with Crippen LogP contribution in [0.25, 0.3) is 0 Å². The molecule has 0 amide bonds. The summed E-state index contributed by atoms with van der Waals surface area (Å²) in [6.07, 6.45) is 24.1. The maximum absolute atomic E-state index is 2.58. The van der Waals surface area contributed by atoms with Gasteiger partial charge in [0.2, 0.25) is 0 Å². The van der Waals surface area contributed by atoms with Crippen molar-refractivity contribution >= 4 is 11.9 Å². The lowest BCUT2D eigenvalue weighted by molar-refractivity contribution is 0.389. The largest absolute Gasteiger partial charge is 0.248 e. The molecule has 1 aliphatic carbocycles. The molecule has 110 valence electrons. The van der Waals surface area contributed by atoms with E-state index in [9.17, 15) is 0 Å². The Morgan fingerprint density at radius 1 is 1.25 bits per heavy atom. The molecule has 0 aromatic rings. The van der Waals surface area contributed by atoms with Gasteiger partial charge in [0.05, 0.1) is 0 Å². The smallest absolute Gasteiger partial charge is 0.0202 e. The van der Waals surface area contributed by atoms with Gasteiger partial charge in [0.25, 0.3) is 0 Å². The van der Waals surface area contributed by atoms with Crippen molar-refractivity contribution in [2.75, 3.05) is 12.8 Å². The minimum atomic E-state index is 0.659. The quantitative estimate of drug-likeness (QED) is 0.623. The minimum Gasteiger partial charge on any atom is -0.248 e. The first kappa shape index (κ1) is 15.7. The van der Waals surface area contributed by atoms with Crippen LogP contribution < -0.4 is 0 Å². The Bertz CT molecular complexity index is 406. The lowest BCUT2D eigenvalue weighted by Gasteiger charge is -2.22. The van der Waals surface area contributed by atoms with E-state index < -0.39 is 0 Å². The van der Waals surface area contributed by atoms with E-state index in [4.69, 9.17) is 0 Å². The maximum atomic E-state index is 2.58. The van der Waals surface area contributed by atoms with E-state index in [0.29, 0.717) is 5.92 Å². The summed E-state index contributed by atoms with van der Waals surface area (Å²) in [6, 6.07) is 0.821. The maximum Gasteiger partial charge on any atom is 0.0202 e. The van der Waals surface area contributed by atoms with Gasteiger partial charge in [-0.3, -0.25) is 0 Å². The Balaban J connectivity index is 1.76. The predicted molar refractivity (Wildman–Crippen MR) is 91.8 cm³/mol. The predicted octanol–water partition coefficient (Wildman–Crippen LogP) is 5.14. The van der Waals surface area contributed by atoms with Crippen molar-refractivity contribution in [3.8, 4) is 0 Å². The highest BCUT2D eigenvalue weighted by molar-refractivity contribution is 7.96. The summed E-state index contributed by atoms with van der Waals surface area (Å²) < 4.78 is 2.58. The Morgan fingerprint density at radius 3 is 2.90 bits per heavy atom. The second-order valence-corrected chi connectivity index (χ2v) is 6.58. The zero-order valence-corrected chi connectivity index (χ0v) is 13.6. The summed E-state index contributed by atoms with van der Waals surface area (Å²) >= 11 is 1.93. The molecule has 0 aromatic heterocycles. The van der Waals surface area contributed by atoms with Gasteiger partial charge in [-0.05, 0) is 43.4 Å². The molecular weight excluding hydrogens is 262 g/mol. The molecule has 2 heteroatoms. The molecule has 1 nitrogen and oxygen atoms in total. The monoisotopic (exact) mass is 289 g/mol. The van der Waals surface area contributed by atoms with Gasteiger partial charge >= 0.3 is 0 Å². The van der Waals surface area contributed by atoms with Crippen LogP contribution in [0, 0.1) is 5.92 Å². The van der Waals surface area contributed by atoms with Crippen LogP contribution in [0.1, 0.15) is 39.0 Å². The standard InChI is InChI=1S/C18H27NS/c1-16(17-11-6-4-3-5-7-12-17)10-8-13-18-14-9-15-19(18)20-2/h3-7,11-12,16,18H,8-10,13-15H2,1-2H3. The normalized spacial score (nSPS) is 24.5. The summed E-state index contributed by atoms with van der Waals surface area (Å²) in [5.74, 6) is 0.659. The van der Waals surface area contributed by atoms with Crippen LogP contribution in [0.4, 0.5) is 0 Å². The molecule has 1 saturated heterocycles. The third-order valence-corrected chi connectivity index (χ3v) is 5.27. The Hall–Kier alpha value is -0.730. The molecule has 0 aromatic carbocycles. The van der Waals surface area contributed by atoms with Gasteiger partial charge in [-0.1, -0.05) is 67.8 Å². The summed E-state index contributed by atoms with van der Waals surface area (Å²) in [4.78, 5) is 0. The molecule has 2 aliphatic rings. The van der Waals surface area contributed by atoms with Gasteiger partial charge < -0.3 is 0 Å². The highest BCUT2D eigenvalue weighted by Gasteiger charge is 2.23. The van der Waals surface area contributed by atoms with E-state index in [-0.39, 0.29) is 0 Å². The Morgan fingerprint density at radius 2 is 2.05 bits per heavy atom. The van der Waals surface area contributed by atoms with Crippen LogP contribution in [0.3, 0.4) is 0 Å². The SMILES string of the molecule is CSN1CCCC1CCCC(C)C1=CC=CC=CC=C1. The number of hydrogen-bond donors (Lipinski definition) is 0. The fraction of sp³-hybridized carbons (Fsp3) is 0.556. The summed E-state index contributed by atoms with van der Waals surface area (Å²) in [5.41, 5.74) is 1.46. The van der Waals surface area contributed by atoms with Crippen molar-refractivity contribution in [2.45, 2.75) is 45.1 Å². The third-order valence-electron chi connectivity index (χ3n) is 4.32. The molecular formula is C18H27NS. The average molecular weight is 289 g/mol. The van der Waals surface area contributed by atoms with E-state index in [1.54, 1.807) is 0 Å². The zero-order chi connectivity index (χ0) is 14.2. The van der Waals surface area contributed by atoms with Crippen LogP contribution >= 0.6 is 11.9 Å². The van der Waals surface area contributed by atoms with Crippen molar-refractivity contribution in [3.63, 3.8) is 0 Å². The zero-order valence-electron chi connectivity index (χ0n) is 12.8. The van der Waals surface area contributed by atoms with Crippen molar-refractivity contribution in [1.29, 1.82) is 0 Å². The van der Waals surface area contributed by atoms with Crippen LogP contribution in [0.15, 0.2) is 48.1 Å². The highest BCUT2D eigenvalue weighted by Crippen LogP contribution is 2.28. The average Bonchev–Trinajstić information content (AvgIpc) is 2.85. The van der Waals surface area contributed by atoms with E-state index >= 15 is 0 Å². The Labute approximate surface area is 128 Å². The highest BCUT2D eigenvalue weighted by atomic mass is 32.2. The van der Waals surface area contributed by atoms with Gasteiger partial charge in [0, 0.05) is 12.6 Å². The summed E-state index contributed by atoms with van der Waals surface area (Å²) in [7, 11) is 0. The van der Waals surface area contributed by atoms with E-state index in [1.165, 1.54) is 44.2 Å². The van der Waals surface area contributed by atoms with Crippen LogP contribution in [0.5, 0.6) is 0 Å². The van der Waals surface area contributed by atoms with Crippen molar-refractivity contribution in [3.05, 3.63) is 48.1 Å². The molecule has 2 unspecified atom stereocenters. The second-order valence-electron chi connectivity index (χ2n) is 5.75. The number of rotatable bonds is 6. The van der Waals surface area contributed by atoms with Gasteiger partial charge in [-0.15, -0.1) is 0 Å². The van der Waals surface area contributed by atoms with Crippen LogP contribution in [-0.2, 0) is 0 Å². The minimum absolute atomic E-state index is 0.659. The van der Waals surface area contributed by atoms with E-state index in [0.717, 1.165) is 6.04 Å². The van der Waals surface area contributed by atoms with Crippen molar-refractivity contribution in [2.24, 2.45) is 5.92 Å². The lowest BCUT2D eigenvalue weighted by atomic mass is 9.92. The first-order chi connectivity index (χ1) is 9.81. The van der Waals surface area contributed by atoms with E-state index in [2.05, 4.69) is 60.0 Å². The first-order valence-corrected chi connectivity index (χ1v) is 9.02. The fourth-order valence-electron chi connectivity index (χ4n) is 3.07. The van der Waals surface area contributed by atoms with Gasteiger partial charge in [-0.2, -0.15) is 0 Å². The van der Waals surface area contributed by atoms with Gasteiger partial charge in [-0.25, -0.2) is 4.31 Å². The third kappa shape index (κ3) is 4.68. The topological polar surface area (TPSA) is 3.24 Å². The van der Waals surface area contributed by atoms with Crippen LogP contribution in [-0.4, -0.2) is 23.1 Å². The number of nitrogens with zero attached hydrogens (tertiary/aromatic N) is 1. The van der Waals surface area contributed by atoms with Crippen molar-refractivity contribution in [1.82, 2.24) is 4.31 Å². The van der Waals surface area contributed by atoms with Gasteiger partial charge in [0.15, 0.2) is 0 Å². The molecule has 0 bridgehead atoms. The van der Waals surface area contributed by atoms with E-state index in [1.807, 2.05) is 11.9 Å². The summed E-state index contributed by atoms with van der Waals surface area (Å²) in [6.45, 7) is 3.64. The fourth-order valence-corrected chi connectivity index (χ4v) is 3.89. The van der Waals surface area contributed by atoms with Crippen LogP contribution in [0.2, 0.25) is 0 Å². The van der Waals surface area contributed by atoms with Gasteiger partial charge in [0.1, 0.15) is 0 Å². The number of hydrogen-bond acceptors (Lipinski definition) is 2. The molecule has 0 saturated carbocycles. The molecule has 0 radical (unpaired) electrons. The molecule has 0 spiro atoms. The first-order valence-electron chi connectivity index (χ1n) is 7.83. The second kappa shape index (κ2) is 8.53. The molecule has 2 atom stereocenters. The molecule has 2 rings (SSSR count). The molecule has 20 heavy (non-hydrogen) atoms. The molecule has 1 fully saturated rings. The number of allylic oxidation sites excluding steroid dienone is 8. The molecule has 0 N–H and O–H groups in total. The molecule has 1 aliphatic heterocycles. The lowest BCUT2D eigenvalue weighted by Crippen LogP contribution is -2.22. The van der Waals surface area contributed by atoms with Crippen molar-refractivity contribution < 1.29 is 0 Å². The molecule has 1 heterocycles. The Kier molecular flexibility index (Phi) is 6.68.